The molecule has 138 valence electrons. The Morgan fingerprint density at radius 1 is 1.27 bits per heavy atom. The molecule has 1 aliphatic rings. The summed E-state index contributed by atoms with van der Waals surface area (Å²) in [6.07, 6.45) is 4.31. The van der Waals surface area contributed by atoms with Crippen molar-refractivity contribution in [3.63, 3.8) is 0 Å². The third-order valence-electron chi connectivity index (χ3n) is 3.92. The summed E-state index contributed by atoms with van der Waals surface area (Å²) in [6, 6.07) is 4.61. The van der Waals surface area contributed by atoms with Crippen LogP contribution in [-0.2, 0) is 14.3 Å². The third-order valence-corrected chi connectivity index (χ3v) is 4.16. The van der Waals surface area contributed by atoms with E-state index in [1.54, 1.807) is 24.3 Å². The van der Waals surface area contributed by atoms with Crippen LogP contribution in [0.1, 0.15) is 23.2 Å². The molecular weight excluding hydrogens is 356 g/mol. The molecule has 0 aliphatic carbocycles. The summed E-state index contributed by atoms with van der Waals surface area (Å²) in [4.78, 5) is 39.6. The van der Waals surface area contributed by atoms with Crippen molar-refractivity contribution in [2.75, 3.05) is 31.1 Å². The van der Waals surface area contributed by atoms with Crippen LogP contribution in [0.4, 0.5) is 5.69 Å². The molecular formula is C19H21ClN2O4. The van der Waals surface area contributed by atoms with Crippen LogP contribution in [0.15, 0.2) is 43.5 Å². The maximum atomic E-state index is 12.5. The van der Waals surface area contributed by atoms with Crippen molar-refractivity contribution in [3.8, 4) is 0 Å². The van der Waals surface area contributed by atoms with E-state index in [1.807, 2.05) is 0 Å². The van der Waals surface area contributed by atoms with Crippen LogP contribution in [0, 0.1) is 0 Å². The van der Waals surface area contributed by atoms with Gasteiger partial charge in [0.1, 0.15) is 0 Å². The number of rotatable bonds is 8. The number of anilines is 1. The fourth-order valence-electron chi connectivity index (χ4n) is 2.69. The second-order valence-corrected chi connectivity index (χ2v) is 6.20. The minimum Gasteiger partial charge on any atom is -0.452 e. The van der Waals surface area contributed by atoms with Gasteiger partial charge in [0.05, 0.1) is 11.3 Å². The average Bonchev–Trinajstić information content (AvgIpc) is 3.05. The van der Waals surface area contributed by atoms with Crippen molar-refractivity contribution in [2.24, 2.45) is 0 Å². The normalized spacial score (nSPS) is 13.4. The van der Waals surface area contributed by atoms with Gasteiger partial charge in [0.2, 0.25) is 5.91 Å². The Balaban J connectivity index is 2.12. The highest BCUT2D eigenvalue weighted by molar-refractivity contribution is 6.31. The van der Waals surface area contributed by atoms with Crippen LogP contribution >= 0.6 is 11.6 Å². The minimum atomic E-state index is -0.679. The number of ether oxygens (including phenoxy) is 1. The lowest BCUT2D eigenvalue weighted by Crippen LogP contribution is -2.35. The van der Waals surface area contributed by atoms with E-state index < -0.39 is 12.6 Å². The van der Waals surface area contributed by atoms with Crippen LogP contribution in [-0.4, -0.2) is 48.9 Å². The van der Waals surface area contributed by atoms with Gasteiger partial charge in [-0.25, -0.2) is 4.79 Å². The maximum Gasteiger partial charge on any atom is 0.340 e. The van der Waals surface area contributed by atoms with Crippen molar-refractivity contribution >= 4 is 35.1 Å². The van der Waals surface area contributed by atoms with E-state index in [2.05, 4.69) is 13.2 Å². The van der Waals surface area contributed by atoms with E-state index >= 15 is 0 Å². The van der Waals surface area contributed by atoms with Crippen LogP contribution in [0.3, 0.4) is 0 Å². The first-order valence-electron chi connectivity index (χ1n) is 8.24. The molecule has 26 heavy (non-hydrogen) atoms. The Kier molecular flexibility index (Phi) is 6.97. The summed E-state index contributed by atoms with van der Waals surface area (Å²) in [5.41, 5.74) is 0.614. The molecule has 1 aromatic rings. The number of carbonyl (C=O) groups is 3. The van der Waals surface area contributed by atoms with Crippen molar-refractivity contribution in [1.29, 1.82) is 0 Å². The van der Waals surface area contributed by atoms with Crippen LogP contribution < -0.4 is 4.90 Å². The number of halogens is 1. The molecule has 1 heterocycles. The van der Waals surface area contributed by atoms with Gasteiger partial charge in [0.15, 0.2) is 6.61 Å². The predicted octanol–water partition coefficient (Wildman–Crippen LogP) is 2.82. The standard InChI is InChI=1S/C19H21ClN2O4/c1-3-9-21(10-4-2)18(24)13-26-19(25)15-8-7-14(20)12-16(15)22-11-5-6-17(22)23/h3-4,7-8,12H,1-2,5-6,9-11,13H2. The van der Waals surface area contributed by atoms with Crippen LogP contribution in [0.25, 0.3) is 0 Å². The lowest BCUT2D eigenvalue weighted by Gasteiger charge is -2.21. The van der Waals surface area contributed by atoms with Gasteiger partial charge in [-0.2, -0.15) is 0 Å². The lowest BCUT2D eigenvalue weighted by molar-refractivity contribution is -0.133. The topological polar surface area (TPSA) is 66.9 Å². The third kappa shape index (κ3) is 4.73. The van der Waals surface area contributed by atoms with Crippen molar-refractivity contribution < 1.29 is 19.1 Å². The Morgan fingerprint density at radius 3 is 2.54 bits per heavy atom. The number of hydrogen-bond acceptors (Lipinski definition) is 4. The Morgan fingerprint density at radius 2 is 1.96 bits per heavy atom. The molecule has 7 heteroatoms. The Bertz CT molecular complexity index is 722. The Hall–Kier alpha value is -2.60. The summed E-state index contributed by atoms with van der Waals surface area (Å²) in [6.45, 7) is 7.96. The first kappa shape index (κ1) is 19.7. The molecule has 0 bridgehead atoms. The molecule has 0 N–H and O–H groups in total. The fourth-order valence-corrected chi connectivity index (χ4v) is 2.86. The fraction of sp³-hybridized carbons (Fsp3) is 0.316. The first-order valence-corrected chi connectivity index (χ1v) is 8.62. The van der Waals surface area contributed by atoms with E-state index in [9.17, 15) is 14.4 Å². The lowest BCUT2D eigenvalue weighted by atomic mass is 10.1. The SMILES string of the molecule is C=CCN(CC=C)C(=O)COC(=O)c1ccc(Cl)cc1N1CCCC1=O. The zero-order valence-corrected chi connectivity index (χ0v) is 15.2. The number of carbonyl (C=O) groups excluding carboxylic acids is 3. The molecule has 0 radical (unpaired) electrons. The molecule has 0 saturated carbocycles. The van der Waals surface area contributed by atoms with Crippen molar-refractivity contribution in [1.82, 2.24) is 4.90 Å². The summed E-state index contributed by atoms with van der Waals surface area (Å²) < 4.78 is 5.16. The Labute approximate surface area is 157 Å². The molecule has 0 atom stereocenters. The van der Waals surface area contributed by atoms with Gasteiger partial charge in [-0.05, 0) is 24.6 Å². The van der Waals surface area contributed by atoms with E-state index in [-0.39, 0.29) is 17.4 Å². The average molecular weight is 377 g/mol. The zero-order valence-electron chi connectivity index (χ0n) is 14.4. The molecule has 6 nitrogen and oxygen atoms in total. The monoisotopic (exact) mass is 376 g/mol. The van der Waals surface area contributed by atoms with E-state index in [0.29, 0.717) is 36.8 Å². The zero-order chi connectivity index (χ0) is 19.1. The number of amides is 2. The molecule has 2 rings (SSSR count). The van der Waals surface area contributed by atoms with Gasteiger partial charge in [-0.3, -0.25) is 9.59 Å². The molecule has 0 spiro atoms. The van der Waals surface area contributed by atoms with Gasteiger partial charge in [0, 0.05) is 31.1 Å². The highest BCUT2D eigenvalue weighted by atomic mass is 35.5. The van der Waals surface area contributed by atoms with E-state index in [1.165, 1.54) is 15.9 Å². The largest absolute Gasteiger partial charge is 0.452 e. The molecule has 1 aromatic carbocycles. The molecule has 1 saturated heterocycles. The molecule has 1 aliphatic heterocycles. The maximum absolute atomic E-state index is 12.5. The van der Waals surface area contributed by atoms with Crippen LogP contribution in [0.5, 0.6) is 0 Å². The van der Waals surface area contributed by atoms with E-state index in [4.69, 9.17) is 16.3 Å². The summed E-state index contributed by atoms with van der Waals surface area (Å²) in [7, 11) is 0. The van der Waals surface area contributed by atoms with Crippen molar-refractivity contribution in [2.45, 2.75) is 12.8 Å². The van der Waals surface area contributed by atoms with Gasteiger partial charge in [-0.15, -0.1) is 13.2 Å². The van der Waals surface area contributed by atoms with Gasteiger partial charge < -0.3 is 14.5 Å². The molecule has 0 unspecified atom stereocenters. The van der Waals surface area contributed by atoms with Gasteiger partial charge in [0.25, 0.3) is 5.91 Å². The van der Waals surface area contributed by atoms with Gasteiger partial charge >= 0.3 is 5.97 Å². The quantitative estimate of drug-likeness (QED) is 0.517. The first-order chi connectivity index (χ1) is 12.5. The molecule has 0 aromatic heterocycles. The predicted molar refractivity (Wildman–Crippen MR) is 100 cm³/mol. The van der Waals surface area contributed by atoms with E-state index in [0.717, 1.165) is 6.42 Å². The summed E-state index contributed by atoms with van der Waals surface area (Å²) in [5.74, 6) is -1.10. The second kappa shape index (κ2) is 9.20. The number of nitrogens with zero attached hydrogens (tertiary/aromatic N) is 2. The van der Waals surface area contributed by atoms with Crippen molar-refractivity contribution in [3.05, 3.63) is 54.1 Å². The summed E-state index contributed by atoms with van der Waals surface area (Å²) >= 11 is 6.02. The molecule has 1 fully saturated rings. The highest BCUT2D eigenvalue weighted by Gasteiger charge is 2.27. The second-order valence-electron chi connectivity index (χ2n) is 5.76. The number of benzene rings is 1. The number of hydrogen-bond donors (Lipinski definition) is 0. The highest BCUT2D eigenvalue weighted by Crippen LogP contribution is 2.29. The minimum absolute atomic E-state index is 0.0689. The van der Waals surface area contributed by atoms with Crippen LogP contribution in [0.2, 0.25) is 5.02 Å². The smallest absolute Gasteiger partial charge is 0.340 e. The number of esters is 1. The molecule has 2 amide bonds. The van der Waals surface area contributed by atoms with Gasteiger partial charge in [-0.1, -0.05) is 23.8 Å². The summed E-state index contributed by atoms with van der Waals surface area (Å²) in [5, 5.41) is 0.412.